The van der Waals surface area contributed by atoms with Gasteiger partial charge in [0.2, 0.25) is 6.29 Å². The molecule has 1 saturated heterocycles. The van der Waals surface area contributed by atoms with Crippen LogP contribution in [0.15, 0.2) is 114 Å². The number of rotatable bonds is 15. The van der Waals surface area contributed by atoms with Crippen LogP contribution >= 0.6 is 22.6 Å². The van der Waals surface area contributed by atoms with E-state index in [-0.39, 0.29) is 25.4 Å². The predicted molar refractivity (Wildman–Crippen MR) is 195 cm³/mol. The molecule has 17 heteroatoms. The molecule has 0 spiro atoms. The van der Waals surface area contributed by atoms with Crippen molar-refractivity contribution in [3.63, 3.8) is 0 Å². The minimum atomic E-state index is -4.82. The standard InChI is InChI=1S/C37H35F3INO11S/c38-37(39,40)25-10-7-13-29(22-25)54(46,47)50-23-30-32(44)33(48-20-21-49-36(45)42-27-11-5-2-6-12-27)34(35(52-30)51-28-17-15-26(41)16-18-28)53-31(43)19-14-24-8-3-1-4-9-24/h1-13,15-18,22,30,32-35,44H,14,19-21,23H2,(H,42,45)/t30-,32+,33-,34-,35+/m0/s1. The second-order valence-corrected chi connectivity index (χ2v) is 14.6. The van der Waals surface area contributed by atoms with Crippen LogP contribution in [0.2, 0.25) is 0 Å². The molecule has 1 aliphatic heterocycles. The number of aryl methyl sites for hydroxylation is 1. The van der Waals surface area contributed by atoms with Crippen LogP contribution in [0.3, 0.4) is 0 Å². The van der Waals surface area contributed by atoms with Crippen LogP contribution in [0.5, 0.6) is 5.75 Å². The number of alkyl halides is 3. The number of para-hydroxylation sites is 1. The molecule has 4 aromatic rings. The smallest absolute Gasteiger partial charge is 0.416 e. The van der Waals surface area contributed by atoms with Gasteiger partial charge in [-0.15, -0.1) is 0 Å². The quantitative estimate of drug-likeness (QED) is 0.0593. The lowest BCUT2D eigenvalue weighted by Gasteiger charge is -2.43. The monoisotopic (exact) mass is 885 g/mol. The van der Waals surface area contributed by atoms with Gasteiger partial charge in [-0.05, 0) is 89.2 Å². The highest BCUT2D eigenvalue weighted by Gasteiger charge is 2.50. The first-order valence-electron chi connectivity index (χ1n) is 16.4. The number of aliphatic hydroxyl groups excluding tert-OH is 1. The summed E-state index contributed by atoms with van der Waals surface area (Å²) in [5.41, 5.74) is 0.125. The average Bonchev–Trinajstić information content (AvgIpc) is 3.15. The summed E-state index contributed by atoms with van der Waals surface area (Å²) < 4.78 is 101. The van der Waals surface area contributed by atoms with Crippen LogP contribution in [-0.2, 0) is 50.6 Å². The topological polar surface area (TPSA) is 156 Å². The number of aliphatic hydroxyl groups is 1. The Kier molecular flexibility index (Phi) is 14.3. The molecule has 4 aromatic carbocycles. The van der Waals surface area contributed by atoms with Gasteiger partial charge in [0, 0.05) is 15.7 Å². The Hall–Kier alpha value is -4.27. The number of carbonyl (C=O) groups excluding carboxylic acids is 2. The third-order valence-corrected chi connectivity index (χ3v) is 9.89. The summed E-state index contributed by atoms with van der Waals surface area (Å²) in [6.07, 6.45) is -13.1. The van der Waals surface area contributed by atoms with E-state index in [1.165, 1.54) is 0 Å². The van der Waals surface area contributed by atoms with E-state index in [0.717, 1.165) is 21.3 Å². The Morgan fingerprint density at radius 2 is 1.56 bits per heavy atom. The number of benzene rings is 4. The molecule has 12 nitrogen and oxygen atoms in total. The number of amides is 1. The SMILES string of the molecule is O=C(CCc1ccccc1)O[C@@H]1[C@H](Oc2ccc(I)cc2)O[C@@H](COS(=O)(=O)c2cccc(C(F)(F)F)c2)[C@@H](O)[C@@H]1OCCOC(=O)Nc1ccccc1. The van der Waals surface area contributed by atoms with Gasteiger partial charge in [0.15, 0.2) is 6.10 Å². The minimum Gasteiger partial charge on any atom is -0.461 e. The lowest BCUT2D eigenvalue weighted by Crippen LogP contribution is -2.62. The fourth-order valence-corrected chi connectivity index (χ4v) is 6.56. The Balaban J connectivity index is 1.36. The number of carbonyl (C=O) groups is 2. The molecule has 2 N–H and O–H groups in total. The predicted octanol–water partition coefficient (Wildman–Crippen LogP) is 6.36. The van der Waals surface area contributed by atoms with Gasteiger partial charge >= 0.3 is 18.2 Å². The highest BCUT2D eigenvalue weighted by atomic mass is 127. The molecule has 54 heavy (non-hydrogen) atoms. The molecule has 0 bridgehead atoms. The van der Waals surface area contributed by atoms with Crippen molar-refractivity contribution in [1.82, 2.24) is 0 Å². The number of esters is 1. The maximum absolute atomic E-state index is 13.3. The van der Waals surface area contributed by atoms with Gasteiger partial charge in [0.25, 0.3) is 10.1 Å². The Morgan fingerprint density at radius 1 is 0.870 bits per heavy atom. The van der Waals surface area contributed by atoms with Gasteiger partial charge in [0.05, 0.1) is 23.7 Å². The van der Waals surface area contributed by atoms with Gasteiger partial charge in [-0.25, -0.2) is 4.79 Å². The second kappa shape index (κ2) is 18.9. The van der Waals surface area contributed by atoms with E-state index in [1.807, 2.05) is 30.3 Å². The molecule has 0 radical (unpaired) electrons. The number of anilines is 1. The van der Waals surface area contributed by atoms with Crippen molar-refractivity contribution in [1.29, 1.82) is 0 Å². The van der Waals surface area contributed by atoms with Gasteiger partial charge < -0.3 is 28.8 Å². The zero-order valence-corrected chi connectivity index (χ0v) is 31.2. The third-order valence-electron chi connectivity index (χ3n) is 7.90. The largest absolute Gasteiger partial charge is 0.461 e. The van der Waals surface area contributed by atoms with E-state index in [4.69, 9.17) is 27.9 Å². The van der Waals surface area contributed by atoms with E-state index >= 15 is 0 Å². The Morgan fingerprint density at radius 3 is 2.24 bits per heavy atom. The normalized spacial score (nSPS) is 20.1. The summed E-state index contributed by atoms with van der Waals surface area (Å²) in [4.78, 5) is 24.8. The van der Waals surface area contributed by atoms with E-state index in [0.29, 0.717) is 24.2 Å². The fraction of sp³-hybridized carbons (Fsp3) is 0.297. The summed E-state index contributed by atoms with van der Waals surface area (Å²) in [5, 5.41) is 14.1. The molecule has 0 aliphatic carbocycles. The van der Waals surface area contributed by atoms with E-state index in [9.17, 15) is 36.3 Å². The lowest BCUT2D eigenvalue weighted by atomic mass is 9.98. The van der Waals surface area contributed by atoms with Gasteiger partial charge in [-0.3, -0.25) is 14.3 Å². The van der Waals surface area contributed by atoms with Crippen molar-refractivity contribution >= 4 is 50.5 Å². The first kappa shape index (κ1) is 40.9. The summed E-state index contributed by atoms with van der Waals surface area (Å²) in [6, 6.07) is 27.2. The molecular formula is C37H35F3INO11S. The summed E-state index contributed by atoms with van der Waals surface area (Å²) >= 11 is 2.08. The lowest BCUT2D eigenvalue weighted by molar-refractivity contribution is -0.289. The summed E-state index contributed by atoms with van der Waals surface area (Å²) in [6.45, 7) is -1.57. The third kappa shape index (κ3) is 11.9. The molecule has 1 amide bonds. The van der Waals surface area contributed by atoms with E-state index < -0.39 is 76.1 Å². The summed E-state index contributed by atoms with van der Waals surface area (Å²) in [7, 11) is -4.81. The number of nitrogens with one attached hydrogen (secondary N) is 1. The van der Waals surface area contributed by atoms with Gasteiger partial charge in [-0.2, -0.15) is 21.6 Å². The van der Waals surface area contributed by atoms with E-state index in [2.05, 4.69) is 27.9 Å². The maximum Gasteiger partial charge on any atom is 0.416 e. The molecule has 5 atom stereocenters. The zero-order chi connectivity index (χ0) is 38.7. The minimum absolute atomic E-state index is 0.0792. The number of hydrogen-bond donors (Lipinski definition) is 2. The molecule has 5 rings (SSSR count). The number of hydrogen-bond acceptors (Lipinski definition) is 11. The molecule has 1 fully saturated rings. The van der Waals surface area contributed by atoms with Crippen LogP contribution in [0.25, 0.3) is 0 Å². The van der Waals surface area contributed by atoms with Crippen LogP contribution in [0.1, 0.15) is 17.5 Å². The first-order chi connectivity index (χ1) is 25.8. The van der Waals surface area contributed by atoms with Gasteiger partial charge in [0.1, 0.15) is 30.7 Å². The first-order valence-corrected chi connectivity index (χ1v) is 18.9. The van der Waals surface area contributed by atoms with Crippen LogP contribution < -0.4 is 10.1 Å². The van der Waals surface area contributed by atoms with E-state index in [1.54, 1.807) is 54.6 Å². The van der Waals surface area contributed by atoms with Crippen molar-refractivity contribution in [2.75, 3.05) is 25.1 Å². The van der Waals surface area contributed by atoms with Crippen molar-refractivity contribution in [3.8, 4) is 5.75 Å². The highest BCUT2D eigenvalue weighted by Crippen LogP contribution is 2.32. The Labute approximate surface area is 322 Å². The van der Waals surface area contributed by atoms with Crippen LogP contribution in [-0.4, -0.2) is 76.1 Å². The Bertz CT molecular complexity index is 1940. The van der Waals surface area contributed by atoms with Gasteiger partial charge in [-0.1, -0.05) is 54.6 Å². The average molecular weight is 886 g/mol. The van der Waals surface area contributed by atoms with Crippen molar-refractivity contribution in [2.45, 2.75) is 54.6 Å². The zero-order valence-electron chi connectivity index (χ0n) is 28.3. The molecular weight excluding hydrogens is 850 g/mol. The number of ether oxygens (including phenoxy) is 5. The highest BCUT2D eigenvalue weighted by molar-refractivity contribution is 14.1. The molecule has 0 aromatic heterocycles. The molecule has 288 valence electrons. The van der Waals surface area contributed by atoms with Crippen LogP contribution in [0, 0.1) is 3.57 Å². The maximum atomic E-state index is 13.3. The van der Waals surface area contributed by atoms with Crippen molar-refractivity contribution in [3.05, 3.63) is 124 Å². The van der Waals surface area contributed by atoms with Crippen molar-refractivity contribution in [2.24, 2.45) is 0 Å². The fourth-order valence-electron chi connectivity index (χ4n) is 5.24. The summed E-state index contributed by atoms with van der Waals surface area (Å²) in [5.74, 6) is -0.456. The number of halogens is 4. The molecule has 0 unspecified atom stereocenters. The van der Waals surface area contributed by atoms with Crippen molar-refractivity contribution < 1.29 is 64.2 Å². The molecule has 1 heterocycles. The molecule has 1 aliphatic rings. The van der Waals surface area contributed by atoms with Crippen LogP contribution in [0.4, 0.5) is 23.7 Å². The molecule has 0 saturated carbocycles. The second-order valence-electron chi connectivity index (χ2n) is 11.8.